The standard InChI is InChI=1S/C13H13ClF3N3/c1-8(2)12-11(7-14)18-19-20(12)10-5-3-9(4-6-10)13(15,16)17/h3-6,8H,7H2,1-2H3. The van der Waals surface area contributed by atoms with Crippen LogP contribution >= 0.6 is 11.6 Å². The summed E-state index contributed by atoms with van der Waals surface area (Å²) in [5.74, 6) is 0.328. The number of halogens is 4. The lowest BCUT2D eigenvalue weighted by atomic mass is 10.1. The lowest BCUT2D eigenvalue weighted by molar-refractivity contribution is -0.137. The van der Waals surface area contributed by atoms with Crippen molar-refractivity contribution in [1.82, 2.24) is 15.0 Å². The first kappa shape index (κ1) is 14.8. The van der Waals surface area contributed by atoms with Crippen LogP contribution in [0.4, 0.5) is 13.2 Å². The van der Waals surface area contributed by atoms with E-state index >= 15 is 0 Å². The zero-order chi connectivity index (χ0) is 14.9. The number of nitrogens with zero attached hydrogens (tertiary/aromatic N) is 3. The molecule has 0 radical (unpaired) electrons. The molecule has 0 spiro atoms. The van der Waals surface area contributed by atoms with Crippen molar-refractivity contribution < 1.29 is 13.2 Å². The maximum atomic E-state index is 12.5. The summed E-state index contributed by atoms with van der Waals surface area (Å²) in [5, 5.41) is 7.93. The second-order valence-electron chi connectivity index (χ2n) is 4.67. The molecule has 0 aliphatic rings. The van der Waals surface area contributed by atoms with Crippen LogP contribution in [-0.4, -0.2) is 15.0 Å². The van der Waals surface area contributed by atoms with E-state index in [1.165, 1.54) is 16.8 Å². The summed E-state index contributed by atoms with van der Waals surface area (Å²) in [5.41, 5.74) is 1.29. The molecule has 1 heterocycles. The maximum absolute atomic E-state index is 12.5. The summed E-state index contributed by atoms with van der Waals surface area (Å²) >= 11 is 5.80. The van der Waals surface area contributed by atoms with E-state index in [-0.39, 0.29) is 11.8 Å². The number of aromatic nitrogens is 3. The fourth-order valence-electron chi connectivity index (χ4n) is 1.98. The number of benzene rings is 1. The Labute approximate surface area is 119 Å². The molecule has 108 valence electrons. The Morgan fingerprint density at radius 1 is 1.20 bits per heavy atom. The fourth-order valence-corrected chi connectivity index (χ4v) is 2.17. The molecule has 0 N–H and O–H groups in total. The summed E-state index contributed by atoms with van der Waals surface area (Å²) in [6.45, 7) is 3.91. The molecule has 0 amide bonds. The minimum Gasteiger partial charge on any atom is -0.217 e. The number of rotatable bonds is 3. The van der Waals surface area contributed by atoms with Gasteiger partial charge in [0.15, 0.2) is 0 Å². The molecule has 7 heteroatoms. The number of alkyl halides is 4. The third kappa shape index (κ3) is 2.80. The molecule has 0 unspecified atom stereocenters. The Hall–Kier alpha value is -1.56. The van der Waals surface area contributed by atoms with Gasteiger partial charge in [-0.3, -0.25) is 0 Å². The lowest BCUT2D eigenvalue weighted by Gasteiger charge is -2.11. The molecule has 0 saturated carbocycles. The zero-order valence-electron chi connectivity index (χ0n) is 10.9. The largest absolute Gasteiger partial charge is 0.416 e. The van der Waals surface area contributed by atoms with Gasteiger partial charge < -0.3 is 0 Å². The monoisotopic (exact) mass is 303 g/mol. The van der Waals surface area contributed by atoms with Crippen LogP contribution in [0.1, 0.15) is 36.7 Å². The highest BCUT2D eigenvalue weighted by atomic mass is 35.5. The highest BCUT2D eigenvalue weighted by Gasteiger charge is 2.30. The van der Waals surface area contributed by atoms with Crippen LogP contribution in [0.2, 0.25) is 0 Å². The van der Waals surface area contributed by atoms with Gasteiger partial charge in [-0.1, -0.05) is 19.1 Å². The van der Waals surface area contributed by atoms with Gasteiger partial charge in [0.1, 0.15) is 5.69 Å². The predicted molar refractivity (Wildman–Crippen MR) is 70.0 cm³/mol. The summed E-state index contributed by atoms with van der Waals surface area (Å²) < 4.78 is 39.1. The molecule has 1 aromatic heterocycles. The molecule has 2 rings (SSSR count). The molecule has 2 aromatic rings. The van der Waals surface area contributed by atoms with Gasteiger partial charge in [-0.05, 0) is 30.2 Å². The third-order valence-electron chi connectivity index (χ3n) is 2.89. The maximum Gasteiger partial charge on any atom is 0.416 e. The summed E-state index contributed by atoms with van der Waals surface area (Å²) in [6, 6.07) is 4.81. The van der Waals surface area contributed by atoms with Gasteiger partial charge in [-0.25, -0.2) is 4.68 Å². The van der Waals surface area contributed by atoms with Crippen molar-refractivity contribution in [3.8, 4) is 5.69 Å². The second-order valence-corrected chi connectivity index (χ2v) is 4.93. The van der Waals surface area contributed by atoms with Crippen LogP contribution in [0.15, 0.2) is 24.3 Å². The Morgan fingerprint density at radius 3 is 2.25 bits per heavy atom. The van der Waals surface area contributed by atoms with Gasteiger partial charge in [0.25, 0.3) is 0 Å². The molecule has 20 heavy (non-hydrogen) atoms. The Bertz CT molecular complexity index is 588. The van der Waals surface area contributed by atoms with E-state index in [0.29, 0.717) is 11.4 Å². The normalized spacial score (nSPS) is 12.2. The third-order valence-corrected chi connectivity index (χ3v) is 3.14. The molecular weight excluding hydrogens is 291 g/mol. The van der Waals surface area contributed by atoms with E-state index in [1.54, 1.807) is 0 Å². The first-order valence-corrected chi connectivity index (χ1v) is 6.56. The van der Waals surface area contributed by atoms with Crippen molar-refractivity contribution in [2.24, 2.45) is 0 Å². The summed E-state index contributed by atoms with van der Waals surface area (Å²) in [4.78, 5) is 0. The highest BCUT2D eigenvalue weighted by molar-refractivity contribution is 6.16. The van der Waals surface area contributed by atoms with Gasteiger partial charge in [0.05, 0.1) is 22.8 Å². The van der Waals surface area contributed by atoms with E-state index in [2.05, 4.69) is 10.3 Å². The van der Waals surface area contributed by atoms with Gasteiger partial charge in [-0.15, -0.1) is 16.7 Å². The van der Waals surface area contributed by atoms with Crippen molar-refractivity contribution in [2.75, 3.05) is 0 Å². The van der Waals surface area contributed by atoms with Crippen LogP contribution < -0.4 is 0 Å². The van der Waals surface area contributed by atoms with Gasteiger partial charge in [0, 0.05) is 0 Å². The van der Waals surface area contributed by atoms with E-state index in [4.69, 9.17) is 11.6 Å². The Morgan fingerprint density at radius 2 is 1.80 bits per heavy atom. The molecule has 0 saturated heterocycles. The van der Waals surface area contributed by atoms with Gasteiger partial charge in [0.2, 0.25) is 0 Å². The minimum atomic E-state index is -4.34. The summed E-state index contributed by atoms with van der Waals surface area (Å²) in [7, 11) is 0. The number of hydrogen-bond acceptors (Lipinski definition) is 2. The molecule has 1 aromatic carbocycles. The Balaban J connectivity index is 2.45. The van der Waals surface area contributed by atoms with Gasteiger partial charge in [-0.2, -0.15) is 13.2 Å². The molecule has 0 fully saturated rings. The molecule has 0 bridgehead atoms. The first-order chi connectivity index (χ1) is 9.34. The molecule has 0 aliphatic carbocycles. The first-order valence-electron chi connectivity index (χ1n) is 6.02. The van der Waals surface area contributed by atoms with E-state index in [0.717, 1.165) is 17.8 Å². The van der Waals surface area contributed by atoms with Crippen LogP contribution in [0, 0.1) is 0 Å². The van der Waals surface area contributed by atoms with Crippen LogP contribution in [0.3, 0.4) is 0 Å². The minimum absolute atomic E-state index is 0.112. The van der Waals surface area contributed by atoms with Crippen molar-refractivity contribution in [2.45, 2.75) is 31.8 Å². The lowest BCUT2D eigenvalue weighted by Crippen LogP contribution is -2.07. The SMILES string of the molecule is CC(C)c1c(CCl)nnn1-c1ccc(C(F)(F)F)cc1. The highest BCUT2D eigenvalue weighted by Crippen LogP contribution is 2.30. The van der Waals surface area contributed by atoms with Crippen molar-refractivity contribution in [3.63, 3.8) is 0 Å². The van der Waals surface area contributed by atoms with Crippen molar-refractivity contribution in [3.05, 3.63) is 41.2 Å². The van der Waals surface area contributed by atoms with Crippen LogP contribution in [-0.2, 0) is 12.1 Å². The fraction of sp³-hybridized carbons (Fsp3) is 0.385. The number of hydrogen-bond donors (Lipinski definition) is 0. The van der Waals surface area contributed by atoms with Crippen LogP contribution in [0.5, 0.6) is 0 Å². The van der Waals surface area contributed by atoms with E-state index in [1.807, 2.05) is 13.8 Å². The van der Waals surface area contributed by atoms with E-state index in [9.17, 15) is 13.2 Å². The molecule has 0 aliphatic heterocycles. The average Bonchev–Trinajstić information content (AvgIpc) is 2.81. The van der Waals surface area contributed by atoms with Crippen molar-refractivity contribution in [1.29, 1.82) is 0 Å². The molecule has 0 atom stereocenters. The van der Waals surface area contributed by atoms with Gasteiger partial charge >= 0.3 is 6.18 Å². The molecular formula is C13H13ClF3N3. The smallest absolute Gasteiger partial charge is 0.217 e. The van der Waals surface area contributed by atoms with Crippen molar-refractivity contribution >= 4 is 11.6 Å². The zero-order valence-corrected chi connectivity index (χ0v) is 11.7. The summed E-state index contributed by atoms with van der Waals surface area (Å²) in [6.07, 6.45) is -4.34. The second kappa shape index (κ2) is 5.44. The topological polar surface area (TPSA) is 30.7 Å². The quantitative estimate of drug-likeness (QED) is 0.798. The molecule has 3 nitrogen and oxygen atoms in total. The predicted octanol–water partition coefficient (Wildman–Crippen LogP) is 4.15. The Kier molecular flexibility index (Phi) is 4.04. The average molecular weight is 304 g/mol. The van der Waals surface area contributed by atoms with E-state index < -0.39 is 11.7 Å². The van der Waals surface area contributed by atoms with Crippen LogP contribution in [0.25, 0.3) is 5.69 Å².